The molecule has 13 heteroatoms. The number of H-pyrrole nitrogens is 2. The van der Waals surface area contributed by atoms with Crippen molar-refractivity contribution in [3.63, 3.8) is 0 Å². The summed E-state index contributed by atoms with van der Waals surface area (Å²) in [6.07, 6.45) is 1.95. The maximum atomic E-state index is 13.8. The van der Waals surface area contributed by atoms with Gasteiger partial charge >= 0.3 is 5.97 Å². The number of ether oxygens (including phenoxy) is 2. The average Bonchev–Trinajstić information content (AvgIpc) is 3.65. The molecule has 3 aromatic carbocycles. The van der Waals surface area contributed by atoms with Gasteiger partial charge in [0.05, 0.1) is 47.4 Å². The van der Waals surface area contributed by atoms with Gasteiger partial charge in [-0.05, 0) is 73.9 Å². The molecular weight excluding hydrogens is 690 g/mol. The minimum Gasteiger partial charge on any atom is -0.493 e. The molecule has 0 saturated heterocycles. The maximum absolute atomic E-state index is 13.8. The number of nitrogens with one attached hydrogen (secondary N) is 2. The Morgan fingerprint density at radius 2 is 1.82 bits per heavy atom. The molecule has 0 aliphatic carbocycles. The lowest BCUT2D eigenvalue weighted by Gasteiger charge is -2.20. The van der Waals surface area contributed by atoms with Gasteiger partial charge in [-0.2, -0.15) is 9.40 Å². The number of benzene rings is 3. The summed E-state index contributed by atoms with van der Waals surface area (Å²) in [6, 6.07) is 13.7. The monoisotopic (exact) mass is 732 g/mol. The Hall–Kier alpha value is -3.64. The third-order valence-corrected chi connectivity index (χ3v) is 10.8. The third kappa shape index (κ3) is 8.23. The molecule has 0 aliphatic heterocycles. The lowest BCUT2D eigenvalue weighted by atomic mass is 9.97. The van der Waals surface area contributed by atoms with E-state index in [4.69, 9.17) is 32.7 Å². The largest absolute Gasteiger partial charge is 0.493 e. The van der Waals surface area contributed by atoms with Gasteiger partial charge in [0.2, 0.25) is 10.0 Å². The molecular formula is C36H43Cl2FN4O5S. The summed E-state index contributed by atoms with van der Waals surface area (Å²) in [5.41, 5.74) is 4.33. The summed E-state index contributed by atoms with van der Waals surface area (Å²) in [5.74, 6) is 0.0349. The molecule has 0 saturated carbocycles. The number of hydrogen-bond donors (Lipinski definition) is 2. The summed E-state index contributed by atoms with van der Waals surface area (Å²) < 4.78 is 53.0. The molecule has 0 fully saturated rings. The van der Waals surface area contributed by atoms with Crippen LogP contribution in [0.4, 0.5) is 4.39 Å². The van der Waals surface area contributed by atoms with Gasteiger partial charge in [0.1, 0.15) is 17.3 Å². The number of hydrogen-bond acceptors (Lipinski definition) is 6. The highest BCUT2D eigenvalue weighted by molar-refractivity contribution is 7.89. The second-order valence-electron chi connectivity index (χ2n) is 11.3. The molecule has 0 spiro atoms. The van der Waals surface area contributed by atoms with E-state index in [1.807, 2.05) is 31.2 Å². The predicted octanol–water partition coefficient (Wildman–Crippen LogP) is 8.67. The normalized spacial score (nSPS) is 11.7. The van der Waals surface area contributed by atoms with Crippen LogP contribution in [0, 0.1) is 5.82 Å². The number of rotatable bonds is 16. The lowest BCUT2D eigenvalue weighted by Crippen LogP contribution is -2.33. The number of aromatic nitrogens is 3. The van der Waals surface area contributed by atoms with Crippen molar-refractivity contribution in [1.29, 1.82) is 0 Å². The van der Waals surface area contributed by atoms with Crippen LogP contribution in [-0.4, -0.2) is 65.3 Å². The first-order valence-electron chi connectivity index (χ1n) is 16.0. The van der Waals surface area contributed by atoms with Gasteiger partial charge in [-0.3, -0.25) is 5.10 Å². The van der Waals surface area contributed by atoms with Gasteiger partial charge in [-0.15, -0.1) is 11.6 Å². The quantitative estimate of drug-likeness (QED) is 0.0596. The first kappa shape index (κ1) is 38.2. The minimum absolute atomic E-state index is 0. The van der Waals surface area contributed by atoms with Gasteiger partial charge in [0.15, 0.2) is 0 Å². The SMILES string of the molecule is C.CCOC(=O)c1[nH]c2c(-c3c(CC)n[nH]c3CN(CC)S(=O)(=O)CCCCl)c(Cl)ccc2c1CCCOc1cccc2cc(F)ccc12. The molecule has 0 radical (unpaired) electrons. The Kier molecular flexibility index (Phi) is 13.1. The van der Waals surface area contributed by atoms with Gasteiger partial charge in [-0.25, -0.2) is 17.6 Å². The lowest BCUT2D eigenvalue weighted by molar-refractivity contribution is 0.0519. The van der Waals surface area contributed by atoms with E-state index < -0.39 is 16.0 Å². The van der Waals surface area contributed by atoms with Crippen LogP contribution in [0.3, 0.4) is 0 Å². The van der Waals surface area contributed by atoms with E-state index in [9.17, 15) is 17.6 Å². The van der Waals surface area contributed by atoms with Gasteiger partial charge in [0, 0.05) is 34.3 Å². The predicted molar refractivity (Wildman–Crippen MR) is 196 cm³/mol. The number of carbonyl (C=O) groups excluding carboxylic acids is 1. The number of nitrogens with zero attached hydrogens (tertiary/aromatic N) is 2. The Bertz CT molecular complexity index is 2030. The summed E-state index contributed by atoms with van der Waals surface area (Å²) in [6.45, 7) is 6.37. The molecule has 2 aromatic heterocycles. The Morgan fingerprint density at radius 1 is 1.04 bits per heavy atom. The number of halogens is 3. The smallest absolute Gasteiger partial charge is 0.355 e. The van der Waals surface area contributed by atoms with Gasteiger partial charge in [0.25, 0.3) is 0 Å². The summed E-state index contributed by atoms with van der Waals surface area (Å²) in [4.78, 5) is 16.6. The molecule has 0 unspecified atom stereocenters. The number of aryl methyl sites for hydroxylation is 2. The van der Waals surface area contributed by atoms with Crippen LogP contribution in [0.15, 0.2) is 48.5 Å². The Morgan fingerprint density at radius 3 is 2.53 bits per heavy atom. The van der Waals surface area contributed by atoms with Crippen LogP contribution < -0.4 is 4.74 Å². The van der Waals surface area contributed by atoms with E-state index in [1.165, 1.54) is 16.4 Å². The van der Waals surface area contributed by atoms with Crippen LogP contribution in [0.1, 0.15) is 68.5 Å². The van der Waals surface area contributed by atoms with E-state index in [2.05, 4.69) is 15.2 Å². The fourth-order valence-corrected chi connectivity index (χ4v) is 8.02. The fraction of sp³-hybridized carbons (Fsp3) is 0.389. The van der Waals surface area contributed by atoms with Crippen molar-refractivity contribution >= 4 is 60.9 Å². The molecule has 2 N–H and O–H groups in total. The molecule has 49 heavy (non-hydrogen) atoms. The van der Waals surface area contributed by atoms with Crippen LogP contribution in [0.2, 0.25) is 5.02 Å². The van der Waals surface area contributed by atoms with Crippen molar-refractivity contribution in [3.8, 4) is 16.9 Å². The van der Waals surface area contributed by atoms with Gasteiger partial charge < -0.3 is 14.5 Å². The van der Waals surface area contributed by atoms with E-state index >= 15 is 0 Å². The first-order chi connectivity index (χ1) is 23.1. The van der Waals surface area contributed by atoms with Crippen molar-refractivity contribution in [2.45, 2.75) is 60.4 Å². The van der Waals surface area contributed by atoms with Crippen LogP contribution in [0.25, 0.3) is 32.8 Å². The highest BCUT2D eigenvalue weighted by Crippen LogP contribution is 2.41. The molecule has 0 amide bonds. The first-order valence-corrected chi connectivity index (χ1v) is 18.6. The summed E-state index contributed by atoms with van der Waals surface area (Å²) >= 11 is 12.7. The van der Waals surface area contributed by atoms with Crippen molar-refractivity contribution in [2.75, 3.05) is 31.4 Å². The van der Waals surface area contributed by atoms with Gasteiger partial charge in [-0.1, -0.05) is 51.1 Å². The van der Waals surface area contributed by atoms with E-state index in [0.717, 1.165) is 21.7 Å². The molecule has 0 aliphatic rings. The standard InChI is InChI=1S/C35H39Cl2FN4O5S.CH4/c1-4-28-32(29(41-40-28)21-42(5-2)48(44,45)19-9-17-36)31-27(37)16-15-26-25(34(39-33(26)31)35(43)46-6-3)11-8-18-47-30-12-7-10-22-20-23(38)13-14-24(22)30;/h7,10,12-16,20,39H,4-6,8-9,11,17-19,21H2,1-3H3,(H,40,41);1H4. The highest BCUT2D eigenvalue weighted by atomic mass is 35.5. The molecule has 5 aromatic rings. The summed E-state index contributed by atoms with van der Waals surface area (Å²) in [5, 5.41) is 10.4. The Balaban J connectivity index is 0.00000541. The zero-order valence-electron chi connectivity index (χ0n) is 27.2. The van der Waals surface area contributed by atoms with E-state index in [0.29, 0.717) is 76.8 Å². The minimum atomic E-state index is -3.58. The summed E-state index contributed by atoms with van der Waals surface area (Å²) in [7, 11) is -3.58. The molecule has 9 nitrogen and oxygen atoms in total. The zero-order valence-corrected chi connectivity index (χ0v) is 29.5. The van der Waals surface area contributed by atoms with Crippen molar-refractivity contribution in [2.24, 2.45) is 0 Å². The van der Waals surface area contributed by atoms with Crippen LogP contribution in [-0.2, 0) is 34.1 Å². The molecule has 2 heterocycles. The van der Waals surface area contributed by atoms with Crippen LogP contribution in [0.5, 0.6) is 5.75 Å². The van der Waals surface area contributed by atoms with Crippen LogP contribution >= 0.6 is 23.2 Å². The number of esters is 1. The fourth-order valence-electron chi connectivity index (χ4n) is 5.99. The van der Waals surface area contributed by atoms with Crippen molar-refractivity contribution in [1.82, 2.24) is 19.5 Å². The number of carbonyl (C=O) groups is 1. The van der Waals surface area contributed by atoms with E-state index in [-0.39, 0.29) is 44.6 Å². The number of aromatic amines is 2. The second-order valence-corrected chi connectivity index (χ2v) is 14.2. The van der Waals surface area contributed by atoms with Crippen molar-refractivity contribution < 1.29 is 27.1 Å². The average molecular weight is 734 g/mol. The second kappa shape index (κ2) is 16.8. The maximum Gasteiger partial charge on any atom is 0.355 e. The molecule has 0 atom stereocenters. The van der Waals surface area contributed by atoms with E-state index in [1.54, 1.807) is 26.0 Å². The topological polar surface area (TPSA) is 117 Å². The molecule has 264 valence electrons. The highest BCUT2D eigenvalue weighted by Gasteiger charge is 2.28. The number of sulfonamides is 1. The van der Waals surface area contributed by atoms with Crippen molar-refractivity contribution in [3.05, 3.63) is 82.0 Å². The molecule has 0 bridgehead atoms. The zero-order chi connectivity index (χ0) is 34.4. The number of alkyl halides is 1. The molecule has 5 rings (SSSR count). The Labute approximate surface area is 297 Å². The number of fused-ring (bicyclic) bond motifs is 2. The third-order valence-electron chi connectivity index (χ3n) is 8.26.